The summed E-state index contributed by atoms with van der Waals surface area (Å²) in [4.78, 5) is 0. The van der Waals surface area contributed by atoms with E-state index in [2.05, 4.69) is 39.3 Å². The quantitative estimate of drug-likeness (QED) is 0.407. The van der Waals surface area contributed by atoms with E-state index in [1.807, 2.05) is 12.2 Å². The molecule has 82 valence electrons. The Balaban J connectivity index is 3.73. The van der Waals surface area contributed by atoms with Gasteiger partial charge in [-0.1, -0.05) is 0 Å². The number of hydrogen-bond acceptors (Lipinski definition) is 2. The lowest BCUT2D eigenvalue weighted by atomic mass is 10.6. The van der Waals surface area contributed by atoms with Crippen molar-refractivity contribution in [2.24, 2.45) is 0 Å². The van der Waals surface area contributed by atoms with Crippen LogP contribution in [0.5, 0.6) is 0 Å². The van der Waals surface area contributed by atoms with Gasteiger partial charge in [-0.15, -0.1) is 0 Å². The average molecular weight is 230 g/mol. The maximum atomic E-state index is 5.52. The van der Waals surface area contributed by atoms with E-state index in [1.54, 1.807) is 12.5 Å². The van der Waals surface area contributed by atoms with E-state index in [0.717, 1.165) is 0 Å². The predicted octanol–water partition coefficient (Wildman–Crippen LogP) is 3.72. The molecule has 0 fully saturated rings. The highest BCUT2D eigenvalue weighted by Gasteiger charge is 2.13. The Kier molecular flexibility index (Phi) is 5.22. The average Bonchev–Trinajstić information content (AvgIpc) is 1.92. The predicted molar refractivity (Wildman–Crippen MR) is 67.1 cm³/mol. The summed E-state index contributed by atoms with van der Waals surface area (Å²) < 4.78 is 11.0. The Morgan fingerprint density at radius 2 is 0.929 bits per heavy atom. The van der Waals surface area contributed by atoms with Crippen LogP contribution in [0.15, 0.2) is 24.7 Å². The van der Waals surface area contributed by atoms with Gasteiger partial charge in [-0.05, 0) is 51.4 Å². The largest absolute Gasteiger partial charge is 0.550 e. The second-order valence-corrected chi connectivity index (χ2v) is 14.0. The minimum atomic E-state index is -1.41. The second-order valence-electron chi connectivity index (χ2n) is 5.12. The minimum Gasteiger partial charge on any atom is -0.550 e. The van der Waals surface area contributed by atoms with Gasteiger partial charge in [0.2, 0.25) is 16.6 Å². The summed E-state index contributed by atoms with van der Waals surface area (Å²) in [7, 11) is -2.81. The van der Waals surface area contributed by atoms with Crippen molar-refractivity contribution in [2.45, 2.75) is 39.3 Å². The fourth-order valence-corrected chi connectivity index (χ4v) is 1.55. The van der Waals surface area contributed by atoms with E-state index in [-0.39, 0.29) is 0 Å². The van der Waals surface area contributed by atoms with Gasteiger partial charge in [-0.3, -0.25) is 0 Å². The zero-order valence-electron chi connectivity index (χ0n) is 10.1. The molecule has 0 amide bonds. The topological polar surface area (TPSA) is 18.5 Å². The lowest BCUT2D eigenvalue weighted by Gasteiger charge is -2.15. The minimum absolute atomic E-state index is 1.41. The number of rotatable bonds is 5. The van der Waals surface area contributed by atoms with Crippen molar-refractivity contribution >= 4 is 16.6 Å². The Hall–Kier alpha value is -0.486. The Morgan fingerprint density at radius 1 is 0.643 bits per heavy atom. The molecule has 2 nitrogen and oxygen atoms in total. The monoisotopic (exact) mass is 230 g/mol. The van der Waals surface area contributed by atoms with Crippen molar-refractivity contribution in [3.63, 3.8) is 0 Å². The molecule has 0 radical (unpaired) electrons. The first kappa shape index (κ1) is 13.5. The van der Waals surface area contributed by atoms with Gasteiger partial charge in [0.05, 0.1) is 12.5 Å². The molecule has 0 bridgehead atoms. The van der Waals surface area contributed by atoms with E-state index in [0.29, 0.717) is 0 Å². The normalized spacial score (nSPS) is 13.9. The van der Waals surface area contributed by atoms with Gasteiger partial charge in [-0.2, -0.15) is 0 Å². The SMILES string of the molecule is C[Si](C)(C)O/C=C/C=C/O[Si](C)(C)C. The van der Waals surface area contributed by atoms with Crippen LogP contribution < -0.4 is 0 Å². The Labute approximate surface area is 89.9 Å². The zero-order valence-corrected chi connectivity index (χ0v) is 12.1. The third kappa shape index (κ3) is 11.5. The molecule has 0 rings (SSSR count). The van der Waals surface area contributed by atoms with Crippen molar-refractivity contribution in [3.05, 3.63) is 24.7 Å². The zero-order chi connectivity index (χ0) is 11.2. The molecule has 0 aliphatic rings. The van der Waals surface area contributed by atoms with Crippen molar-refractivity contribution in [1.82, 2.24) is 0 Å². The lowest BCUT2D eigenvalue weighted by molar-refractivity contribution is 0.473. The van der Waals surface area contributed by atoms with Crippen LogP contribution in [0, 0.1) is 0 Å². The molecule has 0 saturated carbocycles. The molecule has 0 atom stereocenters. The summed E-state index contributed by atoms with van der Waals surface area (Å²) in [6, 6.07) is 0. The molecule has 0 aliphatic carbocycles. The van der Waals surface area contributed by atoms with Crippen molar-refractivity contribution in [3.8, 4) is 0 Å². The lowest BCUT2D eigenvalue weighted by Crippen LogP contribution is -2.22. The van der Waals surface area contributed by atoms with Gasteiger partial charge < -0.3 is 8.85 Å². The molecule has 4 heteroatoms. The third-order valence-corrected chi connectivity index (χ3v) is 2.80. The molecule has 14 heavy (non-hydrogen) atoms. The van der Waals surface area contributed by atoms with Crippen molar-refractivity contribution in [1.29, 1.82) is 0 Å². The van der Waals surface area contributed by atoms with Crippen molar-refractivity contribution < 1.29 is 8.85 Å². The molecular formula is C10H22O2Si2. The van der Waals surface area contributed by atoms with Gasteiger partial charge in [-0.25, -0.2) is 0 Å². The molecule has 0 aliphatic heterocycles. The summed E-state index contributed by atoms with van der Waals surface area (Å²) in [6.45, 7) is 12.9. The van der Waals surface area contributed by atoms with E-state index in [9.17, 15) is 0 Å². The number of hydrogen-bond donors (Lipinski definition) is 0. The summed E-state index contributed by atoms with van der Waals surface area (Å²) in [6.07, 6.45) is 7.24. The van der Waals surface area contributed by atoms with E-state index < -0.39 is 16.6 Å². The maximum absolute atomic E-state index is 5.52. The molecule has 0 aromatic rings. The highest BCUT2D eigenvalue weighted by atomic mass is 28.4. The maximum Gasteiger partial charge on any atom is 0.241 e. The van der Waals surface area contributed by atoms with Crippen LogP contribution in [0.3, 0.4) is 0 Å². The highest BCUT2D eigenvalue weighted by Crippen LogP contribution is 2.04. The van der Waals surface area contributed by atoms with Crippen LogP contribution in [0.4, 0.5) is 0 Å². The molecule has 0 aromatic carbocycles. The first-order valence-electron chi connectivity index (χ1n) is 4.88. The molecule has 0 unspecified atom stereocenters. The fraction of sp³-hybridized carbons (Fsp3) is 0.600. The van der Waals surface area contributed by atoms with Gasteiger partial charge in [0.1, 0.15) is 0 Å². The summed E-state index contributed by atoms with van der Waals surface area (Å²) in [5.74, 6) is 0. The van der Waals surface area contributed by atoms with Crippen LogP contribution in [-0.2, 0) is 8.85 Å². The Morgan fingerprint density at radius 3 is 1.14 bits per heavy atom. The van der Waals surface area contributed by atoms with Crippen LogP contribution in [0.1, 0.15) is 0 Å². The van der Waals surface area contributed by atoms with Crippen LogP contribution in [0.25, 0.3) is 0 Å². The summed E-state index contributed by atoms with van der Waals surface area (Å²) in [5, 5.41) is 0. The van der Waals surface area contributed by atoms with Gasteiger partial charge in [0.25, 0.3) is 0 Å². The smallest absolute Gasteiger partial charge is 0.241 e. The molecule has 0 heterocycles. The standard InChI is InChI=1S/C10H22O2Si2/c1-13(2,3)11-9-7-8-10-12-14(4,5)6/h7-10H,1-6H3/b9-7+,10-8+. The van der Waals surface area contributed by atoms with Gasteiger partial charge in [0, 0.05) is 0 Å². The summed E-state index contributed by atoms with van der Waals surface area (Å²) in [5.41, 5.74) is 0. The molecule has 0 spiro atoms. The first-order valence-corrected chi connectivity index (χ1v) is 11.7. The van der Waals surface area contributed by atoms with Crippen LogP contribution in [0.2, 0.25) is 39.3 Å². The van der Waals surface area contributed by atoms with Crippen LogP contribution >= 0.6 is 0 Å². The molecule has 0 N–H and O–H groups in total. The Bertz CT molecular complexity index is 185. The van der Waals surface area contributed by atoms with Crippen molar-refractivity contribution in [2.75, 3.05) is 0 Å². The van der Waals surface area contributed by atoms with Crippen LogP contribution in [-0.4, -0.2) is 16.6 Å². The first-order chi connectivity index (χ1) is 6.21. The van der Waals surface area contributed by atoms with Gasteiger partial charge in [0.15, 0.2) is 0 Å². The second kappa shape index (κ2) is 5.41. The molecular weight excluding hydrogens is 208 g/mol. The fourth-order valence-electron chi connectivity index (χ4n) is 0.578. The van der Waals surface area contributed by atoms with Gasteiger partial charge >= 0.3 is 0 Å². The molecule has 0 aromatic heterocycles. The highest BCUT2D eigenvalue weighted by molar-refractivity contribution is 6.70. The van der Waals surface area contributed by atoms with E-state index in [1.165, 1.54) is 0 Å². The van der Waals surface area contributed by atoms with E-state index >= 15 is 0 Å². The third-order valence-electron chi connectivity index (χ3n) is 1.11. The van der Waals surface area contributed by atoms with E-state index in [4.69, 9.17) is 8.85 Å². The molecule has 0 saturated heterocycles. The summed E-state index contributed by atoms with van der Waals surface area (Å²) >= 11 is 0. The number of allylic oxidation sites excluding steroid dienone is 2.